The van der Waals surface area contributed by atoms with Crippen LogP contribution in [0.5, 0.6) is 0 Å². The van der Waals surface area contributed by atoms with E-state index < -0.39 is 0 Å². The average Bonchev–Trinajstić information content (AvgIpc) is 2.15. The molecule has 0 spiro atoms. The first-order valence-electron chi connectivity index (χ1n) is 4.17. The van der Waals surface area contributed by atoms with Crippen molar-refractivity contribution in [1.29, 1.82) is 0 Å². The average molecular weight is 196 g/mol. The van der Waals surface area contributed by atoms with Crippen molar-refractivity contribution in [3.8, 4) is 0 Å². The molecule has 0 aliphatic carbocycles. The maximum Gasteiger partial charge on any atom is 0.228 e. The zero-order valence-electron chi connectivity index (χ0n) is 7.33. The molecular formula is C10H10ClNO. The Kier molecular flexibility index (Phi) is 2.00. The van der Waals surface area contributed by atoms with Crippen molar-refractivity contribution in [3.63, 3.8) is 0 Å². The van der Waals surface area contributed by atoms with E-state index in [1.807, 2.05) is 24.3 Å². The highest BCUT2D eigenvalue weighted by atomic mass is 35.5. The van der Waals surface area contributed by atoms with E-state index in [1.54, 1.807) is 11.9 Å². The molecule has 13 heavy (non-hydrogen) atoms. The number of likely N-dealkylation sites (N-methyl/N-ethyl adjacent to an activating group) is 1. The lowest BCUT2D eigenvalue weighted by Crippen LogP contribution is -2.34. The van der Waals surface area contributed by atoms with Crippen molar-refractivity contribution in [3.05, 3.63) is 35.4 Å². The van der Waals surface area contributed by atoms with Gasteiger partial charge in [0.2, 0.25) is 5.91 Å². The van der Waals surface area contributed by atoms with Gasteiger partial charge in [-0.2, -0.15) is 0 Å². The van der Waals surface area contributed by atoms with Crippen LogP contribution in [0.15, 0.2) is 24.3 Å². The summed E-state index contributed by atoms with van der Waals surface area (Å²) in [6.45, 7) is 0. The molecule has 1 aliphatic rings. The van der Waals surface area contributed by atoms with Crippen molar-refractivity contribution < 1.29 is 4.79 Å². The van der Waals surface area contributed by atoms with Gasteiger partial charge in [-0.25, -0.2) is 0 Å². The fourth-order valence-corrected chi connectivity index (χ4v) is 1.87. The van der Waals surface area contributed by atoms with E-state index in [2.05, 4.69) is 0 Å². The molecule has 1 aliphatic heterocycles. The molecule has 1 atom stereocenters. The zero-order valence-corrected chi connectivity index (χ0v) is 8.08. The lowest BCUT2D eigenvalue weighted by molar-refractivity contribution is -0.130. The van der Waals surface area contributed by atoms with Gasteiger partial charge in [0.1, 0.15) is 5.50 Å². The standard InChI is InChI=1S/C10H10ClNO/c1-12-9(13)6-7-4-2-3-5-8(7)10(12)11/h2-5,10H,6H2,1H3. The Bertz CT molecular complexity index is 351. The van der Waals surface area contributed by atoms with Gasteiger partial charge in [-0.15, -0.1) is 0 Å². The Morgan fingerprint density at radius 2 is 2.15 bits per heavy atom. The molecule has 3 heteroatoms. The highest BCUT2D eigenvalue weighted by Gasteiger charge is 2.27. The minimum Gasteiger partial charge on any atom is -0.325 e. The maximum atomic E-state index is 11.4. The highest BCUT2D eigenvalue weighted by Crippen LogP contribution is 2.31. The molecule has 0 fully saturated rings. The van der Waals surface area contributed by atoms with Crippen LogP contribution in [0.2, 0.25) is 0 Å². The number of carbonyl (C=O) groups excluding carboxylic acids is 1. The van der Waals surface area contributed by atoms with E-state index in [1.165, 1.54) is 0 Å². The first kappa shape index (κ1) is 8.57. The monoisotopic (exact) mass is 195 g/mol. The number of benzene rings is 1. The van der Waals surface area contributed by atoms with Gasteiger partial charge < -0.3 is 4.90 Å². The van der Waals surface area contributed by atoms with Gasteiger partial charge >= 0.3 is 0 Å². The Labute approximate surface area is 82.1 Å². The van der Waals surface area contributed by atoms with E-state index in [4.69, 9.17) is 11.6 Å². The zero-order chi connectivity index (χ0) is 9.42. The normalized spacial score (nSPS) is 21.5. The molecule has 0 bridgehead atoms. The third kappa shape index (κ3) is 1.31. The molecule has 1 aromatic carbocycles. The number of hydrogen-bond donors (Lipinski definition) is 0. The highest BCUT2D eigenvalue weighted by molar-refractivity contribution is 6.22. The number of alkyl halides is 1. The van der Waals surface area contributed by atoms with Gasteiger partial charge in [0, 0.05) is 7.05 Å². The molecule has 0 N–H and O–H groups in total. The van der Waals surface area contributed by atoms with E-state index in [0.717, 1.165) is 11.1 Å². The Morgan fingerprint density at radius 3 is 2.92 bits per heavy atom. The minimum atomic E-state index is -0.308. The third-order valence-corrected chi connectivity index (χ3v) is 2.91. The predicted octanol–water partition coefficient (Wildman–Crippen LogP) is 1.94. The van der Waals surface area contributed by atoms with Crippen LogP contribution < -0.4 is 0 Å². The summed E-state index contributed by atoms with van der Waals surface area (Å²) < 4.78 is 0. The van der Waals surface area contributed by atoms with Crippen molar-refractivity contribution in [2.75, 3.05) is 7.05 Å². The fourth-order valence-electron chi connectivity index (χ4n) is 1.55. The summed E-state index contributed by atoms with van der Waals surface area (Å²) in [6.07, 6.45) is 0.468. The molecule has 2 nitrogen and oxygen atoms in total. The largest absolute Gasteiger partial charge is 0.325 e. The first-order valence-corrected chi connectivity index (χ1v) is 4.61. The SMILES string of the molecule is CN1C(=O)Cc2ccccc2C1Cl. The number of halogens is 1. The van der Waals surface area contributed by atoms with E-state index in [-0.39, 0.29) is 11.4 Å². The Morgan fingerprint density at radius 1 is 1.46 bits per heavy atom. The van der Waals surface area contributed by atoms with Crippen LogP contribution >= 0.6 is 11.6 Å². The predicted molar refractivity (Wildman–Crippen MR) is 51.5 cm³/mol. The number of amides is 1. The quantitative estimate of drug-likeness (QED) is 0.458. The second-order valence-corrected chi connectivity index (χ2v) is 3.63. The smallest absolute Gasteiger partial charge is 0.228 e. The molecule has 0 aromatic heterocycles. The molecule has 0 saturated heterocycles. The minimum absolute atomic E-state index is 0.0821. The van der Waals surface area contributed by atoms with Crippen molar-refractivity contribution >= 4 is 17.5 Å². The third-order valence-electron chi connectivity index (χ3n) is 2.39. The number of rotatable bonds is 0. The van der Waals surface area contributed by atoms with Crippen molar-refractivity contribution in [1.82, 2.24) is 4.90 Å². The molecular weight excluding hydrogens is 186 g/mol. The van der Waals surface area contributed by atoms with Crippen LogP contribution in [0.3, 0.4) is 0 Å². The van der Waals surface area contributed by atoms with Gasteiger partial charge in [-0.05, 0) is 11.1 Å². The van der Waals surface area contributed by atoms with Gasteiger partial charge in [0.05, 0.1) is 6.42 Å². The maximum absolute atomic E-state index is 11.4. The number of nitrogens with zero attached hydrogens (tertiary/aromatic N) is 1. The van der Waals surface area contributed by atoms with Gasteiger partial charge in [0.15, 0.2) is 0 Å². The van der Waals surface area contributed by atoms with Gasteiger partial charge in [0.25, 0.3) is 0 Å². The molecule has 1 aromatic rings. The summed E-state index contributed by atoms with van der Waals surface area (Å²) in [4.78, 5) is 13.0. The van der Waals surface area contributed by atoms with Crippen LogP contribution in [0, 0.1) is 0 Å². The summed E-state index contributed by atoms with van der Waals surface area (Å²) in [6, 6.07) is 7.80. The lowest BCUT2D eigenvalue weighted by atomic mass is 10.00. The van der Waals surface area contributed by atoms with Crippen LogP contribution in [0.1, 0.15) is 16.6 Å². The molecule has 1 unspecified atom stereocenters. The molecule has 1 amide bonds. The second-order valence-electron chi connectivity index (χ2n) is 3.22. The summed E-state index contributed by atoms with van der Waals surface area (Å²) >= 11 is 6.10. The van der Waals surface area contributed by atoms with Crippen molar-refractivity contribution in [2.45, 2.75) is 11.9 Å². The van der Waals surface area contributed by atoms with E-state index >= 15 is 0 Å². The summed E-state index contributed by atoms with van der Waals surface area (Å²) in [5.74, 6) is 0.0821. The lowest BCUT2D eigenvalue weighted by Gasteiger charge is -2.29. The van der Waals surface area contributed by atoms with Crippen LogP contribution in [0.4, 0.5) is 0 Å². The van der Waals surface area contributed by atoms with E-state index in [0.29, 0.717) is 6.42 Å². The molecule has 1 heterocycles. The molecule has 68 valence electrons. The number of fused-ring (bicyclic) bond motifs is 1. The Balaban J connectivity index is 2.49. The van der Waals surface area contributed by atoms with Crippen LogP contribution in [-0.4, -0.2) is 17.9 Å². The molecule has 2 rings (SSSR count). The summed E-state index contributed by atoms with van der Waals surface area (Å²) in [5.41, 5.74) is 1.79. The van der Waals surface area contributed by atoms with Gasteiger partial charge in [-0.1, -0.05) is 35.9 Å². The fraction of sp³-hybridized carbons (Fsp3) is 0.300. The van der Waals surface area contributed by atoms with Crippen LogP contribution in [-0.2, 0) is 11.2 Å². The number of hydrogen-bond acceptors (Lipinski definition) is 1. The van der Waals surface area contributed by atoms with E-state index in [9.17, 15) is 4.79 Å². The Hall–Kier alpha value is -1.02. The van der Waals surface area contributed by atoms with Crippen molar-refractivity contribution in [2.24, 2.45) is 0 Å². The second kappa shape index (κ2) is 3.04. The molecule has 0 saturated carbocycles. The summed E-state index contributed by atoms with van der Waals surface area (Å²) in [5, 5.41) is 0. The van der Waals surface area contributed by atoms with Gasteiger partial charge in [-0.3, -0.25) is 4.79 Å². The molecule has 0 radical (unpaired) electrons. The van der Waals surface area contributed by atoms with Crippen LogP contribution in [0.25, 0.3) is 0 Å². The topological polar surface area (TPSA) is 20.3 Å². The first-order chi connectivity index (χ1) is 6.20. The number of carbonyl (C=O) groups is 1. The summed E-state index contributed by atoms with van der Waals surface area (Å²) in [7, 11) is 1.73.